The lowest BCUT2D eigenvalue weighted by Gasteiger charge is -2.28. The summed E-state index contributed by atoms with van der Waals surface area (Å²) >= 11 is 0. The molecule has 1 aliphatic heterocycles. The molecule has 0 aromatic carbocycles. The largest absolute Gasteiger partial charge is 0.480 e. The zero-order valence-electron chi connectivity index (χ0n) is 10.7. The summed E-state index contributed by atoms with van der Waals surface area (Å²) < 4.78 is 0. The Labute approximate surface area is 103 Å². The number of carboxylic acid groups (broad SMARTS) is 1. The van der Waals surface area contributed by atoms with E-state index in [4.69, 9.17) is 10.8 Å². The Bertz CT molecular complexity index is 295. The Morgan fingerprint density at radius 2 is 2.12 bits per heavy atom. The van der Waals surface area contributed by atoms with E-state index in [0.717, 1.165) is 12.5 Å². The molecule has 2 fully saturated rings. The third-order valence-corrected chi connectivity index (χ3v) is 4.50. The van der Waals surface area contributed by atoms with Crippen molar-refractivity contribution in [3.63, 3.8) is 0 Å². The summed E-state index contributed by atoms with van der Waals surface area (Å²) in [6.07, 6.45) is 6.86. The van der Waals surface area contributed by atoms with Crippen LogP contribution in [0, 0.1) is 5.92 Å². The maximum atomic E-state index is 11.1. The standard InChI is InChI=1S/C13H24N2O2/c1-10-3-2-4-11(6-5-10)15-8-7-13(14,9-15)12(16)17/h10-11H,2-9,14H2,1H3,(H,16,17). The fourth-order valence-electron chi connectivity index (χ4n) is 3.18. The zero-order valence-corrected chi connectivity index (χ0v) is 10.7. The van der Waals surface area contributed by atoms with E-state index in [1.165, 1.54) is 32.1 Å². The molecule has 3 unspecified atom stereocenters. The van der Waals surface area contributed by atoms with Crippen LogP contribution in [-0.2, 0) is 4.79 Å². The molecule has 0 spiro atoms. The number of carbonyl (C=O) groups is 1. The summed E-state index contributed by atoms with van der Waals surface area (Å²) in [5.74, 6) is -0.0216. The monoisotopic (exact) mass is 240 g/mol. The average Bonchev–Trinajstić information content (AvgIpc) is 2.54. The van der Waals surface area contributed by atoms with Crippen LogP contribution in [0.4, 0.5) is 0 Å². The number of carboxylic acids is 1. The second-order valence-corrected chi connectivity index (χ2v) is 5.95. The molecule has 2 aliphatic rings. The minimum absolute atomic E-state index is 0.529. The number of nitrogens with two attached hydrogens (primary N) is 1. The minimum atomic E-state index is -1.00. The summed E-state index contributed by atoms with van der Waals surface area (Å²) in [5.41, 5.74) is 4.92. The van der Waals surface area contributed by atoms with Crippen molar-refractivity contribution in [2.24, 2.45) is 11.7 Å². The lowest BCUT2D eigenvalue weighted by Crippen LogP contribution is -2.51. The van der Waals surface area contributed by atoms with Crippen molar-refractivity contribution in [3.05, 3.63) is 0 Å². The van der Waals surface area contributed by atoms with E-state index in [9.17, 15) is 4.79 Å². The molecule has 98 valence electrons. The molecular formula is C13H24N2O2. The summed E-state index contributed by atoms with van der Waals surface area (Å²) in [6.45, 7) is 3.69. The Morgan fingerprint density at radius 1 is 1.35 bits per heavy atom. The van der Waals surface area contributed by atoms with Crippen molar-refractivity contribution in [3.8, 4) is 0 Å². The number of hydrogen-bond acceptors (Lipinski definition) is 3. The molecule has 17 heavy (non-hydrogen) atoms. The number of likely N-dealkylation sites (tertiary alicyclic amines) is 1. The second-order valence-electron chi connectivity index (χ2n) is 5.95. The Morgan fingerprint density at radius 3 is 2.76 bits per heavy atom. The normalized spacial score (nSPS) is 40.1. The minimum Gasteiger partial charge on any atom is -0.480 e. The van der Waals surface area contributed by atoms with Gasteiger partial charge < -0.3 is 10.8 Å². The summed E-state index contributed by atoms with van der Waals surface area (Å²) in [7, 11) is 0. The molecule has 4 nitrogen and oxygen atoms in total. The summed E-state index contributed by atoms with van der Waals surface area (Å²) in [6, 6.07) is 0.560. The van der Waals surface area contributed by atoms with Crippen molar-refractivity contribution in [1.29, 1.82) is 0 Å². The third kappa shape index (κ3) is 2.80. The maximum absolute atomic E-state index is 11.1. The first-order valence-electron chi connectivity index (χ1n) is 6.77. The highest BCUT2D eigenvalue weighted by Crippen LogP contribution is 2.30. The van der Waals surface area contributed by atoms with E-state index in [0.29, 0.717) is 19.0 Å². The van der Waals surface area contributed by atoms with E-state index in [1.54, 1.807) is 0 Å². The molecule has 3 atom stereocenters. The van der Waals surface area contributed by atoms with Crippen molar-refractivity contribution in [2.45, 2.75) is 57.0 Å². The van der Waals surface area contributed by atoms with Crippen LogP contribution < -0.4 is 5.73 Å². The van der Waals surface area contributed by atoms with Crippen LogP contribution in [0.2, 0.25) is 0 Å². The predicted octanol–water partition coefficient (Wildman–Crippen LogP) is 1.44. The van der Waals surface area contributed by atoms with Gasteiger partial charge >= 0.3 is 5.97 Å². The van der Waals surface area contributed by atoms with Gasteiger partial charge in [-0.3, -0.25) is 9.69 Å². The molecule has 1 saturated heterocycles. The van der Waals surface area contributed by atoms with Gasteiger partial charge in [0.2, 0.25) is 0 Å². The maximum Gasteiger partial charge on any atom is 0.325 e. The first kappa shape index (κ1) is 12.8. The van der Waals surface area contributed by atoms with E-state index in [2.05, 4.69) is 11.8 Å². The SMILES string of the molecule is CC1CCCC(N2CCC(N)(C(=O)O)C2)CC1. The van der Waals surface area contributed by atoms with Crippen molar-refractivity contribution in [1.82, 2.24) is 4.90 Å². The van der Waals surface area contributed by atoms with Crippen LogP contribution in [0.1, 0.15) is 45.4 Å². The Hall–Kier alpha value is -0.610. The van der Waals surface area contributed by atoms with Crippen LogP contribution >= 0.6 is 0 Å². The van der Waals surface area contributed by atoms with Crippen LogP contribution in [-0.4, -0.2) is 40.6 Å². The van der Waals surface area contributed by atoms with Gasteiger partial charge in [0, 0.05) is 19.1 Å². The quantitative estimate of drug-likeness (QED) is 0.717. The fourth-order valence-corrected chi connectivity index (χ4v) is 3.18. The van der Waals surface area contributed by atoms with Crippen molar-refractivity contribution >= 4 is 5.97 Å². The van der Waals surface area contributed by atoms with Crippen LogP contribution in [0.15, 0.2) is 0 Å². The second kappa shape index (κ2) is 4.94. The van der Waals surface area contributed by atoms with Crippen LogP contribution in [0.3, 0.4) is 0 Å². The van der Waals surface area contributed by atoms with E-state index in [-0.39, 0.29) is 0 Å². The highest BCUT2D eigenvalue weighted by molar-refractivity contribution is 5.79. The molecule has 0 amide bonds. The molecule has 0 aromatic rings. The van der Waals surface area contributed by atoms with E-state index >= 15 is 0 Å². The molecule has 0 aromatic heterocycles. The summed E-state index contributed by atoms with van der Waals surface area (Å²) in [5, 5.41) is 9.13. The molecule has 4 heteroatoms. The molecule has 0 radical (unpaired) electrons. The lowest BCUT2D eigenvalue weighted by molar-refractivity contribution is -0.142. The number of rotatable bonds is 2. The fraction of sp³-hybridized carbons (Fsp3) is 0.923. The first-order chi connectivity index (χ1) is 8.01. The molecule has 3 N–H and O–H groups in total. The lowest BCUT2D eigenvalue weighted by atomic mass is 10.0. The average molecular weight is 240 g/mol. The van der Waals surface area contributed by atoms with E-state index in [1.807, 2.05) is 0 Å². The molecule has 1 heterocycles. The molecule has 1 saturated carbocycles. The van der Waals surface area contributed by atoms with E-state index < -0.39 is 11.5 Å². The zero-order chi connectivity index (χ0) is 12.5. The first-order valence-corrected chi connectivity index (χ1v) is 6.77. The molecular weight excluding hydrogens is 216 g/mol. The van der Waals surface area contributed by atoms with Gasteiger partial charge in [-0.25, -0.2) is 0 Å². The van der Waals surface area contributed by atoms with Gasteiger partial charge in [-0.15, -0.1) is 0 Å². The van der Waals surface area contributed by atoms with Gasteiger partial charge in [-0.05, 0) is 31.6 Å². The number of nitrogens with zero attached hydrogens (tertiary/aromatic N) is 1. The van der Waals surface area contributed by atoms with Crippen molar-refractivity contribution < 1.29 is 9.90 Å². The predicted molar refractivity (Wildman–Crippen MR) is 66.8 cm³/mol. The van der Waals surface area contributed by atoms with Gasteiger partial charge in [-0.2, -0.15) is 0 Å². The van der Waals surface area contributed by atoms with Gasteiger partial charge in [0.05, 0.1) is 0 Å². The number of aliphatic carboxylic acids is 1. The Balaban J connectivity index is 1.94. The van der Waals surface area contributed by atoms with Gasteiger partial charge in [0.1, 0.15) is 5.54 Å². The number of hydrogen-bond donors (Lipinski definition) is 2. The van der Waals surface area contributed by atoms with Crippen molar-refractivity contribution in [2.75, 3.05) is 13.1 Å². The summed E-state index contributed by atoms with van der Waals surface area (Å²) in [4.78, 5) is 13.4. The third-order valence-electron chi connectivity index (χ3n) is 4.50. The van der Waals surface area contributed by atoms with Gasteiger partial charge in [0.15, 0.2) is 0 Å². The van der Waals surface area contributed by atoms with Crippen LogP contribution in [0.25, 0.3) is 0 Å². The highest BCUT2D eigenvalue weighted by Gasteiger charge is 2.43. The van der Waals surface area contributed by atoms with Gasteiger partial charge in [0.25, 0.3) is 0 Å². The molecule has 0 bridgehead atoms. The topological polar surface area (TPSA) is 66.6 Å². The Kier molecular flexibility index (Phi) is 3.73. The molecule has 1 aliphatic carbocycles. The smallest absolute Gasteiger partial charge is 0.325 e. The van der Waals surface area contributed by atoms with Crippen LogP contribution in [0.5, 0.6) is 0 Å². The highest BCUT2D eigenvalue weighted by atomic mass is 16.4. The molecule has 2 rings (SSSR count). The van der Waals surface area contributed by atoms with Gasteiger partial charge in [-0.1, -0.05) is 19.8 Å².